The first kappa shape index (κ1) is 23.6. The molecule has 0 radical (unpaired) electrons. The molecule has 180 valence electrons. The van der Waals surface area contributed by atoms with Crippen molar-refractivity contribution in [1.29, 1.82) is 0 Å². The summed E-state index contributed by atoms with van der Waals surface area (Å²) in [6.07, 6.45) is -3.08. The Labute approximate surface area is 193 Å². The predicted molar refractivity (Wildman–Crippen MR) is 119 cm³/mol. The van der Waals surface area contributed by atoms with Crippen LogP contribution in [0.2, 0.25) is 0 Å². The van der Waals surface area contributed by atoms with Crippen molar-refractivity contribution < 1.29 is 32.6 Å². The lowest BCUT2D eigenvalue weighted by Crippen LogP contribution is -2.46. The molecular formula is C24H24F3N3O4. The van der Waals surface area contributed by atoms with Gasteiger partial charge in [0.15, 0.2) is 0 Å². The van der Waals surface area contributed by atoms with Crippen LogP contribution in [0.15, 0.2) is 54.7 Å². The number of aliphatic hydroxyl groups excluding tert-OH is 1. The summed E-state index contributed by atoms with van der Waals surface area (Å²) in [7, 11) is 0. The molecule has 0 bridgehead atoms. The minimum Gasteiger partial charge on any atom is -0.406 e. The average molecular weight is 475 g/mol. The molecule has 2 N–H and O–H groups in total. The highest BCUT2D eigenvalue weighted by Gasteiger charge is 2.35. The number of likely N-dealkylation sites (tertiary alicyclic amines) is 1. The monoisotopic (exact) mass is 475 g/mol. The summed E-state index contributed by atoms with van der Waals surface area (Å²) in [5.74, 6) is -0.778. The molecule has 2 aromatic carbocycles. The summed E-state index contributed by atoms with van der Waals surface area (Å²) in [6.45, 7) is 1.90. The smallest absolute Gasteiger partial charge is 0.406 e. The zero-order valence-corrected chi connectivity index (χ0v) is 18.4. The van der Waals surface area contributed by atoms with Gasteiger partial charge in [0.05, 0.1) is 18.0 Å². The summed E-state index contributed by atoms with van der Waals surface area (Å²) in [4.78, 5) is 26.7. The van der Waals surface area contributed by atoms with Crippen molar-refractivity contribution in [2.45, 2.75) is 44.8 Å². The maximum atomic E-state index is 13.2. The maximum absolute atomic E-state index is 13.2. The van der Waals surface area contributed by atoms with Gasteiger partial charge in [0, 0.05) is 36.8 Å². The number of halogens is 3. The summed E-state index contributed by atoms with van der Waals surface area (Å²) < 4.78 is 42.9. The number of carbonyl (C=O) groups excluding carboxylic acids is 2. The summed E-state index contributed by atoms with van der Waals surface area (Å²) in [6, 6.07) is 11.9. The fraction of sp³-hybridized carbons (Fsp3) is 0.333. The highest BCUT2D eigenvalue weighted by Crippen LogP contribution is 2.28. The van der Waals surface area contributed by atoms with Gasteiger partial charge in [-0.05, 0) is 36.6 Å². The molecular weight excluding hydrogens is 451 g/mol. The van der Waals surface area contributed by atoms with Crippen LogP contribution in [0.25, 0.3) is 10.9 Å². The minimum absolute atomic E-state index is 0.0545. The number of carbonyl (C=O) groups is 2. The van der Waals surface area contributed by atoms with Gasteiger partial charge in [0.2, 0.25) is 11.8 Å². The topological polar surface area (TPSA) is 83.8 Å². The third-order valence-electron chi connectivity index (χ3n) is 5.84. The second kappa shape index (κ2) is 9.38. The molecule has 1 saturated heterocycles. The Balaban J connectivity index is 1.47. The Hall–Kier alpha value is -3.53. The van der Waals surface area contributed by atoms with E-state index < -0.39 is 24.4 Å². The number of aromatic nitrogens is 1. The number of benzene rings is 2. The number of ether oxygens (including phenoxy) is 1. The highest BCUT2D eigenvalue weighted by atomic mass is 19.4. The molecule has 34 heavy (non-hydrogen) atoms. The number of hydrogen-bond acceptors (Lipinski definition) is 5. The number of para-hydroxylation sites is 1. The molecule has 7 nitrogen and oxygen atoms in total. The lowest BCUT2D eigenvalue weighted by molar-refractivity contribution is -0.274. The van der Waals surface area contributed by atoms with Crippen LogP contribution in [0.3, 0.4) is 0 Å². The number of alkyl halides is 3. The highest BCUT2D eigenvalue weighted by molar-refractivity contribution is 5.95. The van der Waals surface area contributed by atoms with Crippen molar-refractivity contribution in [3.05, 3.63) is 60.3 Å². The quantitative estimate of drug-likeness (QED) is 0.523. The molecule has 0 saturated carbocycles. The molecule has 1 aromatic heterocycles. The average Bonchev–Trinajstić information content (AvgIpc) is 3.38. The van der Waals surface area contributed by atoms with Crippen LogP contribution >= 0.6 is 0 Å². The summed E-state index contributed by atoms with van der Waals surface area (Å²) in [5.41, 5.74) is 1.66. The van der Waals surface area contributed by atoms with E-state index in [1.165, 1.54) is 23.6 Å². The number of aliphatic hydroxyl groups is 1. The number of hydrogen-bond donors (Lipinski definition) is 2. The van der Waals surface area contributed by atoms with Crippen molar-refractivity contribution in [3.8, 4) is 5.75 Å². The molecule has 0 spiro atoms. The number of amides is 1. The zero-order chi connectivity index (χ0) is 24.5. The number of rotatable bonds is 6. The SMILES string of the molecule is CC(=O)n1cc(CC(=O)N2CCCC2C(O)Nc2cccc(OC(F)(F)F)c2)c2ccccc21. The third kappa shape index (κ3) is 5.17. The summed E-state index contributed by atoms with van der Waals surface area (Å²) in [5, 5.41) is 14.3. The normalized spacial score (nSPS) is 17.1. The first-order valence-corrected chi connectivity index (χ1v) is 10.8. The van der Waals surface area contributed by atoms with E-state index in [9.17, 15) is 27.9 Å². The van der Waals surface area contributed by atoms with E-state index >= 15 is 0 Å². The lowest BCUT2D eigenvalue weighted by atomic mass is 10.1. The van der Waals surface area contributed by atoms with Crippen LogP contribution in [-0.4, -0.2) is 51.6 Å². The second-order valence-corrected chi connectivity index (χ2v) is 8.20. The molecule has 1 fully saturated rings. The first-order chi connectivity index (χ1) is 16.1. The molecule has 2 heterocycles. The van der Waals surface area contributed by atoms with Gasteiger partial charge in [0.1, 0.15) is 12.0 Å². The van der Waals surface area contributed by atoms with E-state index in [0.717, 1.165) is 23.0 Å². The van der Waals surface area contributed by atoms with Crippen molar-refractivity contribution >= 4 is 28.4 Å². The van der Waals surface area contributed by atoms with Gasteiger partial charge in [-0.2, -0.15) is 0 Å². The minimum atomic E-state index is -4.82. The van der Waals surface area contributed by atoms with E-state index in [-0.39, 0.29) is 23.9 Å². The van der Waals surface area contributed by atoms with Crippen LogP contribution in [0.5, 0.6) is 5.75 Å². The molecule has 3 aromatic rings. The molecule has 0 aliphatic carbocycles. The fourth-order valence-corrected chi connectivity index (χ4v) is 4.40. The van der Waals surface area contributed by atoms with Gasteiger partial charge in [-0.1, -0.05) is 24.3 Å². The molecule has 2 unspecified atom stereocenters. The van der Waals surface area contributed by atoms with Gasteiger partial charge in [-0.25, -0.2) is 0 Å². The van der Waals surface area contributed by atoms with Gasteiger partial charge < -0.3 is 20.1 Å². The molecule has 1 aliphatic heterocycles. The Bertz CT molecular complexity index is 1210. The van der Waals surface area contributed by atoms with Crippen molar-refractivity contribution in [2.24, 2.45) is 0 Å². The van der Waals surface area contributed by atoms with Crippen molar-refractivity contribution in [1.82, 2.24) is 9.47 Å². The number of fused-ring (bicyclic) bond motifs is 1. The molecule has 1 amide bonds. The second-order valence-electron chi connectivity index (χ2n) is 8.20. The Morgan fingerprint density at radius 3 is 2.71 bits per heavy atom. The first-order valence-electron chi connectivity index (χ1n) is 10.8. The van der Waals surface area contributed by atoms with E-state index in [0.29, 0.717) is 24.9 Å². The molecule has 1 aliphatic rings. The van der Waals surface area contributed by atoms with Crippen LogP contribution in [0.1, 0.15) is 30.1 Å². The summed E-state index contributed by atoms with van der Waals surface area (Å²) >= 11 is 0. The largest absolute Gasteiger partial charge is 0.573 e. The maximum Gasteiger partial charge on any atom is 0.573 e. The van der Waals surface area contributed by atoms with E-state index in [1.807, 2.05) is 24.3 Å². The van der Waals surface area contributed by atoms with Crippen molar-refractivity contribution in [2.75, 3.05) is 11.9 Å². The Kier molecular flexibility index (Phi) is 6.52. The molecule has 4 rings (SSSR count). The number of nitrogens with zero attached hydrogens (tertiary/aromatic N) is 2. The van der Waals surface area contributed by atoms with Crippen LogP contribution in [0.4, 0.5) is 18.9 Å². The van der Waals surface area contributed by atoms with E-state index in [4.69, 9.17) is 0 Å². The van der Waals surface area contributed by atoms with Gasteiger partial charge in [-0.3, -0.25) is 14.2 Å². The van der Waals surface area contributed by atoms with E-state index in [1.54, 1.807) is 11.1 Å². The van der Waals surface area contributed by atoms with Gasteiger partial charge in [-0.15, -0.1) is 13.2 Å². The number of anilines is 1. The lowest BCUT2D eigenvalue weighted by Gasteiger charge is -2.30. The van der Waals surface area contributed by atoms with Crippen LogP contribution in [0, 0.1) is 0 Å². The van der Waals surface area contributed by atoms with Crippen molar-refractivity contribution in [3.63, 3.8) is 0 Å². The van der Waals surface area contributed by atoms with Crippen LogP contribution < -0.4 is 10.1 Å². The Morgan fingerprint density at radius 2 is 1.97 bits per heavy atom. The Morgan fingerprint density at radius 1 is 1.21 bits per heavy atom. The van der Waals surface area contributed by atoms with Crippen LogP contribution in [-0.2, 0) is 11.2 Å². The standard InChI is InChI=1S/C24H24F3N3O4/c1-15(31)30-14-16(19-8-2-3-9-20(19)30)12-22(32)29-11-5-10-21(29)23(33)28-17-6-4-7-18(13-17)34-24(25,26)27/h2-4,6-9,13-14,21,23,28,33H,5,10-12H2,1H3. The van der Waals surface area contributed by atoms with Gasteiger partial charge in [0.25, 0.3) is 0 Å². The van der Waals surface area contributed by atoms with Gasteiger partial charge >= 0.3 is 6.36 Å². The third-order valence-corrected chi connectivity index (χ3v) is 5.84. The number of nitrogens with one attached hydrogen (secondary N) is 1. The predicted octanol–water partition coefficient (Wildman–Crippen LogP) is 4.16. The van der Waals surface area contributed by atoms with E-state index in [2.05, 4.69) is 10.1 Å². The zero-order valence-electron chi connectivity index (χ0n) is 18.4. The fourth-order valence-electron chi connectivity index (χ4n) is 4.40. The molecule has 2 atom stereocenters. The molecule has 10 heteroatoms.